The fourth-order valence-electron chi connectivity index (χ4n) is 3.99. The lowest BCUT2D eigenvalue weighted by atomic mass is 10.0. The van der Waals surface area contributed by atoms with E-state index in [4.69, 9.17) is 11.6 Å². The zero-order valence-corrected chi connectivity index (χ0v) is 17.0. The molecule has 0 radical (unpaired) electrons. The number of aromatic nitrogens is 2. The Morgan fingerprint density at radius 1 is 1.07 bits per heavy atom. The molecule has 3 heterocycles. The molecule has 6 nitrogen and oxygen atoms in total. The van der Waals surface area contributed by atoms with Crippen LogP contribution in [0.2, 0.25) is 5.02 Å². The van der Waals surface area contributed by atoms with E-state index in [0.29, 0.717) is 24.6 Å². The van der Waals surface area contributed by atoms with Gasteiger partial charge in [-0.25, -0.2) is 9.97 Å². The average Bonchev–Trinajstić information content (AvgIpc) is 2.73. The molecule has 0 saturated carbocycles. The molecular weight excluding hydrogens is 374 g/mol. The smallest absolute Gasteiger partial charge is 0.257 e. The van der Waals surface area contributed by atoms with Crippen LogP contribution in [0.3, 0.4) is 0 Å². The van der Waals surface area contributed by atoms with Gasteiger partial charge >= 0.3 is 0 Å². The number of anilines is 2. The largest absolute Gasteiger partial charge is 0.368 e. The lowest BCUT2D eigenvalue weighted by Gasteiger charge is -2.36. The summed E-state index contributed by atoms with van der Waals surface area (Å²) in [5, 5.41) is 0.733. The zero-order chi connectivity index (χ0) is 19.5. The second kappa shape index (κ2) is 8.35. The van der Waals surface area contributed by atoms with Gasteiger partial charge < -0.3 is 14.7 Å². The number of hydrogen-bond acceptors (Lipinski definition) is 5. The van der Waals surface area contributed by atoms with Crippen molar-refractivity contribution in [1.82, 2.24) is 14.9 Å². The summed E-state index contributed by atoms with van der Waals surface area (Å²) < 4.78 is 0. The normalized spacial score (nSPS) is 20.4. The third-order valence-corrected chi connectivity index (χ3v) is 5.80. The number of carbonyl (C=O) groups excluding carboxylic acids is 1. The Kier molecular flexibility index (Phi) is 5.67. The maximum Gasteiger partial charge on any atom is 0.257 e. The number of rotatable bonds is 3. The molecule has 1 aromatic carbocycles. The van der Waals surface area contributed by atoms with Crippen molar-refractivity contribution in [3.8, 4) is 0 Å². The third kappa shape index (κ3) is 4.22. The first-order valence-electron chi connectivity index (χ1n) is 9.97. The summed E-state index contributed by atoms with van der Waals surface area (Å²) in [5.74, 6) is 1.40. The van der Waals surface area contributed by atoms with Crippen molar-refractivity contribution >= 4 is 29.1 Å². The lowest BCUT2D eigenvalue weighted by molar-refractivity contribution is 0.0746. The van der Waals surface area contributed by atoms with E-state index < -0.39 is 0 Å². The molecule has 2 aromatic rings. The van der Waals surface area contributed by atoms with Crippen molar-refractivity contribution in [2.75, 3.05) is 49.1 Å². The standard InChI is InChI=1S/C21H26ClN5O/c1-16-4-3-7-27(15-16)21-23-13-17(14-24-21)20(28)26-10-8-25(9-11-26)19-6-2-5-18(22)12-19/h2,5-6,12-14,16H,3-4,7-11,15H2,1H3. The minimum Gasteiger partial charge on any atom is -0.368 e. The van der Waals surface area contributed by atoms with E-state index in [1.54, 1.807) is 12.4 Å². The summed E-state index contributed by atoms with van der Waals surface area (Å²) >= 11 is 6.09. The van der Waals surface area contributed by atoms with Crippen LogP contribution in [0.4, 0.5) is 11.6 Å². The van der Waals surface area contributed by atoms with Crippen molar-refractivity contribution in [2.24, 2.45) is 5.92 Å². The highest BCUT2D eigenvalue weighted by Crippen LogP contribution is 2.22. The van der Waals surface area contributed by atoms with Crippen LogP contribution in [0, 0.1) is 5.92 Å². The van der Waals surface area contributed by atoms with Crippen LogP contribution in [-0.2, 0) is 0 Å². The second-order valence-electron chi connectivity index (χ2n) is 7.72. The van der Waals surface area contributed by atoms with E-state index in [2.05, 4.69) is 32.8 Å². The van der Waals surface area contributed by atoms with Crippen LogP contribution in [0.1, 0.15) is 30.1 Å². The molecule has 28 heavy (non-hydrogen) atoms. The first-order chi connectivity index (χ1) is 13.6. The van der Waals surface area contributed by atoms with Crippen molar-refractivity contribution < 1.29 is 4.79 Å². The summed E-state index contributed by atoms with van der Waals surface area (Å²) in [6, 6.07) is 7.85. The monoisotopic (exact) mass is 399 g/mol. The molecule has 1 amide bonds. The van der Waals surface area contributed by atoms with Crippen LogP contribution in [-0.4, -0.2) is 60.0 Å². The molecule has 0 N–H and O–H groups in total. The summed E-state index contributed by atoms with van der Waals surface area (Å²) in [6.45, 7) is 7.16. The third-order valence-electron chi connectivity index (χ3n) is 5.57. The fourth-order valence-corrected chi connectivity index (χ4v) is 4.17. The number of carbonyl (C=O) groups is 1. The van der Waals surface area contributed by atoms with Gasteiger partial charge in [0.2, 0.25) is 5.95 Å². The quantitative estimate of drug-likeness (QED) is 0.792. The van der Waals surface area contributed by atoms with E-state index in [9.17, 15) is 4.79 Å². The van der Waals surface area contributed by atoms with E-state index >= 15 is 0 Å². The first-order valence-corrected chi connectivity index (χ1v) is 10.3. The Morgan fingerprint density at radius 3 is 2.50 bits per heavy atom. The van der Waals surface area contributed by atoms with Gasteiger partial charge in [-0.3, -0.25) is 4.79 Å². The van der Waals surface area contributed by atoms with Crippen LogP contribution >= 0.6 is 11.6 Å². The van der Waals surface area contributed by atoms with Gasteiger partial charge in [0.05, 0.1) is 5.56 Å². The minimum absolute atomic E-state index is 0.00399. The SMILES string of the molecule is CC1CCCN(c2ncc(C(=O)N3CCN(c4cccc(Cl)c4)CC3)cn2)C1. The molecule has 0 spiro atoms. The van der Waals surface area contributed by atoms with Gasteiger partial charge in [0.15, 0.2) is 0 Å². The molecule has 1 unspecified atom stereocenters. The molecule has 0 bridgehead atoms. The molecule has 7 heteroatoms. The highest BCUT2D eigenvalue weighted by atomic mass is 35.5. The molecule has 1 aromatic heterocycles. The first kappa shape index (κ1) is 19.0. The van der Waals surface area contributed by atoms with Crippen LogP contribution < -0.4 is 9.80 Å². The van der Waals surface area contributed by atoms with E-state index in [-0.39, 0.29) is 5.91 Å². The van der Waals surface area contributed by atoms with Gasteiger partial charge in [-0.1, -0.05) is 24.6 Å². The Hall–Kier alpha value is -2.34. The van der Waals surface area contributed by atoms with Gasteiger partial charge in [0, 0.05) is 62.4 Å². The maximum absolute atomic E-state index is 12.8. The highest BCUT2D eigenvalue weighted by molar-refractivity contribution is 6.30. The number of benzene rings is 1. The second-order valence-corrected chi connectivity index (χ2v) is 8.16. The Balaban J connectivity index is 1.36. The number of piperidine rings is 1. The molecule has 1 atom stereocenters. The molecule has 2 fully saturated rings. The Morgan fingerprint density at radius 2 is 1.82 bits per heavy atom. The maximum atomic E-state index is 12.8. The topological polar surface area (TPSA) is 52.6 Å². The summed E-state index contributed by atoms with van der Waals surface area (Å²) in [7, 11) is 0. The van der Waals surface area contributed by atoms with Crippen LogP contribution in [0.15, 0.2) is 36.7 Å². The van der Waals surface area contributed by atoms with E-state index in [1.165, 1.54) is 12.8 Å². The summed E-state index contributed by atoms with van der Waals surface area (Å²) in [5.41, 5.74) is 1.66. The number of hydrogen-bond donors (Lipinski definition) is 0. The molecule has 4 rings (SSSR count). The number of piperazine rings is 1. The molecule has 2 aliphatic rings. The number of halogens is 1. The molecular formula is C21H26ClN5O. The molecule has 2 saturated heterocycles. The Bertz CT molecular complexity index is 820. The van der Waals surface area contributed by atoms with Crippen LogP contribution in [0.25, 0.3) is 0 Å². The van der Waals surface area contributed by atoms with Gasteiger partial charge in [-0.2, -0.15) is 0 Å². The summed E-state index contributed by atoms with van der Waals surface area (Å²) in [6.07, 6.45) is 5.77. The van der Waals surface area contributed by atoms with Gasteiger partial charge in [-0.05, 0) is 37.0 Å². The molecule has 2 aliphatic heterocycles. The van der Waals surface area contributed by atoms with Crippen LogP contribution in [0.5, 0.6) is 0 Å². The van der Waals surface area contributed by atoms with E-state index in [0.717, 1.165) is 42.8 Å². The van der Waals surface area contributed by atoms with E-state index in [1.807, 2.05) is 23.1 Å². The Labute approximate surface area is 171 Å². The van der Waals surface area contributed by atoms with Crippen molar-refractivity contribution in [2.45, 2.75) is 19.8 Å². The number of amides is 1. The van der Waals surface area contributed by atoms with Gasteiger partial charge in [0.1, 0.15) is 0 Å². The van der Waals surface area contributed by atoms with Gasteiger partial charge in [-0.15, -0.1) is 0 Å². The van der Waals surface area contributed by atoms with Crippen molar-refractivity contribution in [3.05, 3.63) is 47.2 Å². The minimum atomic E-state index is 0.00399. The van der Waals surface area contributed by atoms with Gasteiger partial charge in [0.25, 0.3) is 5.91 Å². The van der Waals surface area contributed by atoms with Crippen molar-refractivity contribution in [3.63, 3.8) is 0 Å². The predicted octanol–water partition coefficient (Wildman–Crippen LogP) is 3.33. The molecule has 0 aliphatic carbocycles. The predicted molar refractivity (Wildman–Crippen MR) is 112 cm³/mol. The van der Waals surface area contributed by atoms with Crippen molar-refractivity contribution in [1.29, 1.82) is 0 Å². The molecule has 148 valence electrons. The zero-order valence-electron chi connectivity index (χ0n) is 16.2. The average molecular weight is 400 g/mol. The highest BCUT2D eigenvalue weighted by Gasteiger charge is 2.24. The fraction of sp³-hybridized carbons (Fsp3) is 0.476. The summed E-state index contributed by atoms with van der Waals surface area (Å²) in [4.78, 5) is 28.1. The number of nitrogens with zero attached hydrogens (tertiary/aromatic N) is 5. The lowest BCUT2D eigenvalue weighted by Crippen LogP contribution is -2.48.